The van der Waals surface area contributed by atoms with Crippen molar-refractivity contribution in [2.75, 3.05) is 32.1 Å². The van der Waals surface area contributed by atoms with Crippen LogP contribution in [0.3, 0.4) is 0 Å². The van der Waals surface area contributed by atoms with Crippen LogP contribution in [0.4, 0.5) is 19.0 Å². The first-order chi connectivity index (χ1) is 9.38. The van der Waals surface area contributed by atoms with Crippen molar-refractivity contribution < 1.29 is 13.2 Å². The quantitative estimate of drug-likeness (QED) is 0.851. The van der Waals surface area contributed by atoms with Crippen LogP contribution >= 0.6 is 0 Å². The summed E-state index contributed by atoms with van der Waals surface area (Å²) >= 11 is 0. The van der Waals surface area contributed by atoms with Crippen molar-refractivity contribution in [3.63, 3.8) is 0 Å². The fraction of sp³-hybridized carbons (Fsp3) is 0.643. The van der Waals surface area contributed by atoms with E-state index in [1.54, 1.807) is 19.0 Å². The third-order valence-corrected chi connectivity index (χ3v) is 3.58. The smallest absolute Gasteiger partial charge is 0.363 e. The second-order valence-electron chi connectivity index (χ2n) is 5.43. The molecule has 0 spiro atoms. The number of rotatable bonds is 3. The fourth-order valence-electron chi connectivity index (χ4n) is 2.47. The Bertz CT molecular complexity index is 451. The van der Waals surface area contributed by atoms with Crippen LogP contribution < -0.4 is 4.90 Å². The van der Waals surface area contributed by atoms with Crippen LogP contribution in [-0.4, -0.2) is 37.1 Å². The molecule has 0 bridgehead atoms. The molecular weight excluding hydrogens is 267 g/mol. The SMILES string of the molecule is CN(C)c1cc(C(F)(F)F)c(CN2CCCCC2)cn1. The topological polar surface area (TPSA) is 19.4 Å². The van der Waals surface area contributed by atoms with E-state index in [2.05, 4.69) is 9.88 Å². The summed E-state index contributed by atoms with van der Waals surface area (Å²) < 4.78 is 39.5. The zero-order valence-electron chi connectivity index (χ0n) is 11.9. The monoisotopic (exact) mass is 287 g/mol. The van der Waals surface area contributed by atoms with Gasteiger partial charge >= 0.3 is 6.18 Å². The number of piperidine rings is 1. The molecule has 0 aromatic carbocycles. The molecule has 6 heteroatoms. The van der Waals surface area contributed by atoms with E-state index in [1.165, 1.54) is 12.6 Å². The van der Waals surface area contributed by atoms with E-state index in [4.69, 9.17) is 0 Å². The van der Waals surface area contributed by atoms with E-state index < -0.39 is 11.7 Å². The minimum atomic E-state index is -4.33. The molecular formula is C14H20F3N3. The van der Waals surface area contributed by atoms with Crippen LogP contribution in [0.15, 0.2) is 12.3 Å². The van der Waals surface area contributed by atoms with Gasteiger partial charge in [-0.25, -0.2) is 4.98 Å². The molecule has 1 aromatic rings. The highest BCUT2D eigenvalue weighted by atomic mass is 19.4. The summed E-state index contributed by atoms with van der Waals surface area (Å²) in [6, 6.07) is 1.14. The number of aromatic nitrogens is 1. The number of pyridine rings is 1. The fourth-order valence-corrected chi connectivity index (χ4v) is 2.47. The van der Waals surface area contributed by atoms with Crippen molar-refractivity contribution in [3.8, 4) is 0 Å². The Labute approximate surface area is 117 Å². The summed E-state index contributed by atoms with van der Waals surface area (Å²) in [5, 5.41) is 0. The molecule has 20 heavy (non-hydrogen) atoms. The number of hydrogen-bond acceptors (Lipinski definition) is 3. The zero-order valence-corrected chi connectivity index (χ0v) is 11.9. The molecule has 0 atom stereocenters. The van der Waals surface area contributed by atoms with E-state index in [1.807, 2.05) is 0 Å². The Morgan fingerprint density at radius 1 is 1.20 bits per heavy atom. The highest BCUT2D eigenvalue weighted by Crippen LogP contribution is 2.34. The molecule has 1 fully saturated rings. The minimum absolute atomic E-state index is 0.269. The Hall–Kier alpha value is -1.30. The minimum Gasteiger partial charge on any atom is -0.363 e. The molecule has 0 unspecified atom stereocenters. The summed E-state index contributed by atoms with van der Waals surface area (Å²) in [6.07, 6.45) is 0.321. The van der Waals surface area contributed by atoms with E-state index in [0.717, 1.165) is 32.0 Å². The van der Waals surface area contributed by atoms with E-state index >= 15 is 0 Å². The highest BCUT2D eigenvalue weighted by molar-refractivity contribution is 5.43. The Morgan fingerprint density at radius 3 is 2.40 bits per heavy atom. The van der Waals surface area contributed by atoms with Crippen molar-refractivity contribution in [1.82, 2.24) is 9.88 Å². The predicted molar refractivity (Wildman–Crippen MR) is 72.7 cm³/mol. The van der Waals surface area contributed by atoms with Crippen LogP contribution in [0.1, 0.15) is 30.4 Å². The lowest BCUT2D eigenvalue weighted by molar-refractivity contribution is -0.138. The van der Waals surface area contributed by atoms with Gasteiger partial charge in [-0.15, -0.1) is 0 Å². The number of nitrogens with zero attached hydrogens (tertiary/aromatic N) is 3. The first-order valence-electron chi connectivity index (χ1n) is 6.84. The van der Waals surface area contributed by atoms with Gasteiger partial charge in [0.25, 0.3) is 0 Å². The predicted octanol–water partition coefficient (Wildman–Crippen LogP) is 3.15. The van der Waals surface area contributed by atoms with Gasteiger partial charge < -0.3 is 4.90 Å². The van der Waals surface area contributed by atoms with Crippen LogP contribution in [0.2, 0.25) is 0 Å². The molecule has 0 N–H and O–H groups in total. The van der Waals surface area contributed by atoms with E-state index in [0.29, 0.717) is 12.4 Å². The van der Waals surface area contributed by atoms with Crippen LogP contribution in [0, 0.1) is 0 Å². The first-order valence-corrected chi connectivity index (χ1v) is 6.84. The summed E-state index contributed by atoms with van der Waals surface area (Å²) in [6.45, 7) is 2.06. The summed E-state index contributed by atoms with van der Waals surface area (Å²) in [7, 11) is 3.37. The molecule has 1 saturated heterocycles. The Morgan fingerprint density at radius 2 is 1.85 bits per heavy atom. The molecule has 2 rings (SSSR count). The van der Waals surface area contributed by atoms with Gasteiger partial charge in [0, 0.05) is 26.8 Å². The first kappa shape index (κ1) is 15.1. The molecule has 1 aliphatic heterocycles. The van der Waals surface area contributed by atoms with Crippen molar-refractivity contribution >= 4 is 5.82 Å². The number of hydrogen-bond donors (Lipinski definition) is 0. The van der Waals surface area contributed by atoms with Crippen LogP contribution in [0.5, 0.6) is 0 Å². The van der Waals surface area contributed by atoms with Gasteiger partial charge in [0.15, 0.2) is 0 Å². The lowest BCUT2D eigenvalue weighted by atomic mass is 10.1. The molecule has 112 valence electrons. The second kappa shape index (κ2) is 5.99. The Balaban J connectivity index is 2.26. The lowest BCUT2D eigenvalue weighted by Crippen LogP contribution is -2.30. The molecule has 1 aromatic heterocycles. The second-order valence-corrected chi connectivity index (χ2v) is 5.43. The van der Waals surface area contributed by atoms with Gasteiger partial charge in [-0.05, 0) is 37.6 Å². The van der Waals surface area contributed by atoms with Crippen molar-refractivity contribution in [3.05, 3.63) is 23.4 Å². The highest BCUT2D eigenvalue weighted by Gasteiger charge is 2.34. The normalized spacial score (nSPS) is 17.2. The Kier molecular flexibility index (Phi) is 4.52. The summed E-state index contributed by atoms with van der Waals surface area (Å²) in [4.78, 5) is 7.77. The van der Waals surface area contributed by atoms with Crippen molar-refractivity contribution in [2.24, 2.45) is 0 Å². The van der Waals surface area contributed by atoms with Crippen LogP contribution in [-0.2, 0) is 12.7 Å². The molecule has 3 nitrogen and oxygen atoms in total. The molecule has 0 radical (unpaired) electrons. The molecule has 0 amide bonds. The molecule has 0 saturated carbocycles. The van der Waals surface area contributed by atoms with Gasteiger partial charge in [-0.1, -0.05) is 6.42 Å². The molecule has 0 aliphatic carbocycles. The number of likely N-dealkylation sites (tertiary alicyclic amines) is 1. The van der Waals surface area contributed by atoms with Gasteiger partial charge in [0.1, 0.15) is 5.82 Å². The maximum Gasteiger partial charge on any atom is 0.416 e. The van der Waals surface area contributed by atoms with Gasteiger partial charge in [0.05, 0.1) is 5.56 Å². The van der Waals surface area contributed by atoms with E-state index in [-0.39, 0.29) is 5.56 Å². The maximum atomic E-state index is 13.2. The van der Waals surface area contributed by atoms with Gasteiger partial charge in [-0.3, -0.25) is 4.90 Å². The maximum absolute atomic E-state index is 13.2. The number of anilines is 1. The third-order valence-electron chi connectivity index (χ3n) is 3.58. The molecule has 1 aliphatic rings. The lowest BCUT2D eigenvalue weighted by Gasteiger charge is -2.27. The number of halogens is 3. The largest absolute Gasteiger partial charge is 0.416 e. The standard InChI is InChI=1S/C14H20F3N3/c1-19(2)13-8-12(14(15,16)17)11(9-18-13)10-20-6-4-3-5-7-20/h8-9H,3-7,10H2,1-2H3. The number of alkyl halides is 3. The third kappa shape index (κ3) is 3.62. The summed E-state index contributed by atoms with van der Waals surface area (Å²) in [5.41, 5.74) is -0.299. The van der Waals surface area contributed by atoms with Gasteiger partial charge in [0.2, 0.25) is 0 Å². The van der Waals surface area contributed by atoms with Gasteiger partial charge in [-0.2, -0.15) is 13.2 Å². The van der Waals surface area contributed by atoms with Crippen molar-refractivity contribution in [1.29, 1.82) is 0 Å². The van der Waals surface area contributed by atoms with Crippen LogP contribution in [0.25, 0.3) is 0 Å². The summed E-state index contributed by atoms with van der Waals surface area (Å²) in [5.74, 6) is 0.333. The van der Waals surface area contributed by atoms with Crippen molar-refractivity contribution in [2.45, 2.75) is 32.0 Å². The zero-order chi connectivity index (χ0) is 14.8. The average Bonchev–Trinajstić information content (AvgIpc) is 2.39. The average molecular weight is 287 g/mol. The molecule has 2 heterocycles. The van der Waals surface area contributed by atoms with E-state index in [9.17, 15) is 13.2 Å².